The first-order chi connectivity index (χ1) is 19.6. The minimum absolute atomic E-state index is 0.00969. The summed E-state index contributed by atoms with van der Waals surface area (Å²) in [6, 6.07) is 4.91. The number of hydrogen-bond donors (Lipinski definition) is 2. The number of amides is 3. The van der Waals surface area contributed by atoms with Crippen LogP contribution in [0.5, 0.6) is 0 Å². The van der Waals surface area contributed by atoms with Crippen LogP contribution >= 0.6 is 0 Å². The van der Waals surface area contributed by atoms with E-state index in [-0.39, 0.29) is 30.1 Å². The number of fused-ring (bicyclic) bond motifs is 2. The summed E-state index contributed by atoms with van der Waals surface area (Å²) in [4.78, 5) is 52.0. The van der Waals surface area contributed by atoms with E-state index in [1.807, 2.05) is 18.2 Å². The number of carboxylic acid groups (broad SMARTS) is 1. The fraction of sp³-hybridized carbons (Fsp3) is 0.393. The molecule has 5 rings (SSSR count). The molecular formula is C28H30FN7O5. The molecule has 0 radical (unpaired) electrons. The van der Waals surface area contributed by atoms with Gasteiger partial charge in [-0.3, -0.25) is 24.1 Å². The Balaban J connectivity index is 1.50. The van der Waals surface area contributed by atoms with Crippen LogP contribution in [0.1, 0.15) is 36.9 Å². The van der Waals surface area contributed by atoms with Crippen LogP contribution in [-0.4, -0.2) is 93.6 Å². The van der Waals surface area contributed by atoms with E-state index in [1.165, 1.54) is 4.68 Å². The molecule has 1 aromatic heterocycles. The Bertz CT molecular complexity index is 1530. The van der Waals surface area contributed by atoms with Crippen molar-refractivity contribution in [1.29, 1.82) is 0 Å². The molecule has 0 spiro atoms. The number of aromatic nitrogens is 2. The maximum atomic E-state index is 16.0. The van der Waals surface area contributed by atoms with Gasteiger partial charge in [-0.2, -0.15) is 10.2 Å². The number of allylic oxidation sites excluding steroid dienone is 2. The number of nitrogens with one attached hydrogen (secondary N) is 1. The van der Waals surface area contributed by atoms with E-state index < -0.39 is 30.4 Å². The molecule has 1 aliphatic carbocycles. The molecule has 0 bridgehead atoms. The standard InChI is InChI=1S/C28H30FN7O5/c1-16(37)35-10-8-17(9-11-35)27-25-19(20-7-6-18-12-32-34(2)28(18)26(20)29)4-3-5-21(25)36(33-27)15-23(39)30-13-22(38)31-14-24(40)41/h3-7,12,14,17-18,28H,8-11,13,15H2,1-2H3,(H,30,39)(H,40,41). The van der Waals surface area contributed by atoms with Crippen LogP contribution in [-0.2, 0) is 25.7 Å². The molecule has 3 amide bonds. The number of benzene rings is 1. The van der Waals surface area contributed by atoms with Crippen molar-refractivity contribution in [3.05, 3.63) is 47.4 Å². The molecule has 2 N–H and O–H groups in total. The summed E-state index contributed by atoms with van der Waals surface area (Å²) >= 11 is 0. The lowest BCUT2D eigenvalue weighted by atomic mass is 9.85. The molecule has 41 heavy (non-hydrogen) atoms. The Hall–Kier alpha value is -4.68. The van der Waals surface area contributed by atoms with Crippen molar-refractivity contribution < 1.29 is 28.7 Å². The fourth-order valence-corrected chi connectivity index (χ4v) is 5.63. The Kier molecular flexibility index (Phi) is 7.77. The van der Waals surface area contributed by atoms with E-state index >= 15 is 4.39 Å². The average molecular weight is 564 g/mol. The maximum absolute atomic E-state index is 16.0. The van der Waals surface area contributed by atoms with E-state index in [2.05, 4.69) is 15.4 Å². The van der Waals surface area contributed by atoms with Crippen LogP contribution in [0.4, 0.5) is 4.39 Å². The molecule has 3 heterocycles. The number of hydrogen-bond acceptors (Lipinski definition) is 7. The van der Waals surface area contributed by atoms with Gasteiger partial charge in [0, 0.05) is 56.1 Å². The predicted octanol–water partition coefficient (Wildman–Crippen LogP) is 1.73. The maximum Gasteiger partial charge on any atom is 0.347 e. The predicted molar refractivity (Wildman–Crippen MR) is 149 cm³/mol. The summed E-state index contributed by atoms with van der Waals surface area (Å²) in [5, 5.41) is 22.5. The third-order valence-corrected chi connectivity index (χ3v) is 7.66. The Labute approximate surface area is 234 Å². The second kappa shape index (κ2) is 11.4. The van der Waals surface area contributed by atoms with Crippen LogP contribution < -0.4 is 5.32 Å². The highest BCUT2D eigenvalue weighted by atomic mass is 19.1. The van der Waals surface area contributed by atoms with Crippen molar-refractivity contribution in [1.82, 2.24) is 25.0 Å². The molecule has 2 atom stereocenters. The zero-order valence-electron chi connectivity index (χ0n) is 22.7. The van der Waals surface area contributed by atoms with Crippen molar-refractivity contribution in [3.63, 3.8) is 0 Å². The first kappa shape index (κ1) is 27.9. The van der Waals surface area contributed by atoms with Gasteiger partial charge in [0.25, 0.3) is 5.91 Å². The molecule has 2 aromatic rings. The second-order valence-corrected chi connectivity index (χ2v) is 10.3. The number of carbonyl (C=O) groups is 4. The van der Waals surface area contributed by atoms with Crippen LogP contribution in [0.2, 0.25) is 0 Å². The molecule has 2 unspecified atom stereocenters. The number of carboxylic acids is 1. The van der Waals surface area contributed by atoms with Crippen LogP contribution in [0.15, 0.2) is 46.3 Å². The smallest absolute Gasteiger partial charge is 0.347 e. The molecule has 1 saturated heterocycles. The third kappa shape index (κ3) is 5.65. The van der Waals surface area contributed by atoms with Gasteiger partial charge in [-0.15, -0.1) is 0 Å². The van der Waals surface area contributed by atoms with Crippen molar-refractivity contribution in [3.8, 4) is 0 Å². The van der Waals surface area contributed by atoms with Crippen molar-refractivity contribution in [2.75, 3.05) is 26.7 Å². The number of nitrogens with zero attached hydrogens (tertiary/aromatic N) is 6. The van der Waals surface area contributed by atoms with Gasteiger partial charge in [0.05, 0.1) is 17.8 Å². The molecule has 2 aliphatic heterocycles. The summed E-state index contributed by atoms with van der Waals surface area (Å²) in [7, 11) is 1.74. The average Bonchev–Trinajstić information content (AvgIpc) is 3.52. The Morgan fingerprint density at radius 3 is 2.68 bits per heavy atom. The monoisotopic (exact) mass is 563 g/mol. The van der Waals surface area contributed by atoms with E-state index in [4.69, 9.17) is 10.2 Å². The van der Waals surface area contributed by atoms with Gasteiger partial charge in [-0.25, -0.2) is 14.2 Å². The fourth-order valence-electron chi connectivity index (χ4n) is 5.63. The highest BCUT2D eigenvalue weighted by Gasteiger charge is 2.36. The highest BCUT2D eigenvalue weighted by molar-refractivity contribution is 6.24. The zero-order chi connectivity index (χ0) is 29.3. The lowest BCUT2D eigenvalue weighted by molar-refractivity contribution is -0.130. The van der Waals surface area contributed by atoms with Gasteiger partial charge in [-0.05, 0) is 24.5 Å². The summed E-state index contributed by atoms with van der Waals surface area (Å²) in [5.74, 6) is -3.17. The number of aliphatic imine (C=N–C) groups is 1. The number of hydrazone groups is 1. The van der Waals surface area contributed by atoms with Crippen molar-refractivity contribution in [2.45, 2.75) is 38.3 Å². The topological polar surface area (TPSA) is 150 Å². The summed E-state index contributed by atoms with van der Waals surface area (Å²) in [6.45, 7) is 1.99. The van der Waals surface area contributed by atoms with Crippen molar-refractivity contribution in [2.24, 2.45) is 16.0 Å². The van der Waals surface area contributed by atoms with Gasteiger partial charge >= 0.3 is 5.97 Å². The molecule has 3 aliphatic rings. The molecule has 1 aromatic carbocycles. The van der Waals surface area contributed by atoms with Gasteiger partial charge in [0.1, 0.15) is 24.6 Å². The van der Waals surface area contributed by atoms with E-state index in [0.29, 0.717) is 48.8 Å². The van der Waals surface area contributed by atoms with Gasteiger partial charge < -0.3 is 15.3 Å². The van der Waals surface area contributed by atoms with Gasteiger partial charge in [-0.1, -0.05) is 24.3 Å². The molecule has 214 valence electrons. The first-order valence-electron chi connectivity index (χ1n) is 13.3. The number of aliphatic carboxylic acids is 1. The van der Waals surface area contributed by atoms with E-state index in [1.54, 1.807) is 42.2 Å². The van der Waals surface area contributed by atoms with Gasteiger partial charge in [0.2, 0.25) is 11.8 Å². The minimum atomic E-state index is -1.37. The molecule has 1 fully saturated rings. The molecule has 0 saturated carbocycles. The lowest BCUT2D eigenvalue weighted by Crippen LogP contribution is -2.36. The quantitative estimate of drug-likeness (QED) is 0.487. The second-order valence-electron chi connectivity index (χ2n) is 10.3. The van der Waals surface area contributed by atoms with Gasteiger partial charge in [0.15, 0.2) is 0 Å². The normalized spacial score (nSPS) is 20.8. The first-order valence-corrected chi connectivity index (χ1v) is 13.3. The molecule has 12 nitrogen and oxygen atoms in total. The summed E-state index contributed by atoms with van der Waals surface area (Å²) in [5.41, 5.74) is 2.44. The summed E-state index contributed by atoms with van der Waals surface area (Å²) < 4.78 is 17.5. The minimum Gasteiger partial charge on any atom is -0.477 e. The van der Waals surface area contributed by atoms with Crippen LogP contribution in [0.25, 0.3) is 16.5 Å². The lowest BCUT2D eigenvalue weighted by Gasteiger charge is -2.31. The molecular weight excluding hydrogens is 533 g/mol. The number of piperidine rings is 1. The zero-order valence-corrected chi connectivity index (χ0v) is 22.7. The van der Waals surface area contributed by atoms with Crippen LogP contribution in [0, 0.1) is 5.92 Å². The number of likely N-dealkylation sites (N-methyl/N-ethyl adjacent to an activating group) is 1. The Morgan fingerprint density at radius 2 is 1.98 bits per heavy atom. The number of rotatable bonds is 7. The molecule has 13 heteroatoms. The number of likely N-dealkylation sites (tertiary alicyclic amines) is 1. The largest absolute Gasteiger partial charge is 0.477 e. The van der Waals surface area contributed by atoms with E-state index in [9.17, 15) is 19.2 Å². The number of carbonyl (C=O) groups excluding carboxylic acids is 3. The Morgan fingerprint density at radius 1 is 1.22 bits per heavy atom. The van der Waals surface area contributed by atoms with Crippen LogP contribution in [0.3, 0.4) is 0 Å². The van der Waals surface area contributed by atoms with Crippen molar-refractivity contribution >= 4 is 52.6 Å². The summed E-state index contributed by atoms with van der Waals surface area (Å²) in [6.07, 6.45) is 7.22. The van der Waals surface area contributed by atoms with E-state index in [0.717, 1.165) is 11.1 Å². The third-order valence-electron chi connectivity index (χ3n) is 7.66. The SMILES string of the molecule is CC(=O)N1CCC(c2nn(CC(=O)NCC(=O)N=CC(=O)O)c3cccc(C4=C(F)C5C(C=C4)C=NN5C)c23)CC1. The number of halogens is 1. The highest BCUT2D eigenvalue weighted by Crippen LogP contribution is 2.41.